The number of alkyl halides is 1. The fourth-order valence-electron chi connectivity index (χ4n) is 2.39. The van der Waals surface area contributed by atoms with E-state index >= 15 is 0 Å². The minimum Gasteiger partial charge on any atom is -0.375 e. The highest BCUT2D eigenvalue weighted by atomic mass is 127. The van der Waals surface area contributed by atoms with Crippen LogP contribution in [0.2, 0.25) is 0 Å². The second-order valence-electron chi connectivity index (χ2n) is 4.18. The molecule has 0 aromatic carbocycles. The van der Waals surface area contributed by atoms with Gasteiger partial charge in [-0.05, 0) is 38.0 Å². The summed E-state index contributed by atoms with van der Waals surface area (Å²) in [7, 11) is 0. The van der Waals surface area contributed by atoms with E-state index in [4.69, 9.17) is 4.74 Å². The van der Waals surface area contributed by atoms with E-state index in [1.807, 2.05) is 0 Å². The molecule has 2 rings (SSSR count). The van der Waals surface area contributed by atoms with Gasteiger partial charge in [-0.15, -0.1) is 0 Å². The summed E-state index contributed by atoms with van der Waals surface area (Å²) in [5, 5.41) is 0. The van der Waals surface area contributed by atoms with E-state index in [0.29, 0.717) is 0 Å². The Morgan fingerprint density at radius 2 is 2.45 bits per heavy atom. The molecule has 1 saturated heterocycles. The molecule has 1 saturated carbocycles. The molecule has 2 fully saturated rings. The predicted octanol–water partition coefficient (Wildman–Crippen LogP) is 2.63. The standard InChI is InChI=1S/C9H15IO/c1-9-3-2-7(5-10)8(4-9)6-11-9/h7-8H,2-6H2,1H3. The van der Waals surface area contributed by atoms with Crippen molar-refractivity contribution in [2.75, 3.05) is 11.0 Å². The van der Waals surface area contributed by atoms with Crippen LogP contribution < -0.4 is 0 Å². The molecular formula is C9H15IO. The largest absolute Gasteiger partial charge is 0.375 e. The van der Waals surface area contributed by atoms with Crippen molar-refractivity contribution in [1.29, 1.82) is 0 Å². The summed E-state index contributed by atoms with van der Waals surface area (Å²) in [6, 6.07) is 0. The van der Waals surface area contributed by atoms with Crippen molar-refractivity contribution in [3.63, 3.8) is 0 Å². The Bertz CT molecular complexity index is 160. The van der Waals surface area contributed by atoms with Crippen LogP contribution in [0.5, 0.6) is 0 Å². The van der Waals surface area contributed by atoms with Crippen LogP contribution in [-0.2, 0) is 4.74 Å². The van der Waals surface area contributed by atoms with Gasteiger partial charge in [-0.3, -0.25) is 0 Å². The maximum Gasteiger partial charge on any atom is 0.0658 e. The van der Waals surface area contributed by atoms with Crippen LogP contribution in [0.1, 0.15) is 26.2 Å². The number of hydrogen-bond donors (Lipinski definition) is 0. The molecule has 3 unspecified atom stereocenters. The van der Waals surface area contributed by atoms with Crippen LogP contribution in [0.3, 0.4) is 0 Å². The maximum absolute atomic E-state index is 5.79. The van der Waals surface area contributed by atoms with Gasteiger partial charge in [0.25, 0.3) is 0 Å². The number of halogens is 1. The molecule has 0 N–H and O–H groups in total. The van der Waals surface area contributed by atoms with Crippen LogP contribution >= 0.6 is 22.6 Å². The van der Waals surface area contributed by atoms with E-state index in [-0.39, 0.29) is 5.60 Å². The zero-order valence-corrected chi connectivity index (χ0v) is 9.13. The molecule has 64 valence electrons. The molecule has 2 bridgehead atoms. The Labute approximate surface area is 82.0 Å². The Hall–Kier alpha value is 0.690. The summed E-state index contributed by atoms with van der Waals surface area (Å²) in [6.07, 6.45) is 4.00. The summed E-state index contributed by atoms with van der Waals surface area (Å²) < 4.78 is 7.11. The maximum atomic E-state index is 5.79. The average molecular weight is 266 g/mol. The zero-order chi connectivity index (χ0) is 7.90. The number of rotatable bonds is 1. The monoisotopic (exact) mass is 266 g/mol. The molecule has 2 heteroatoms. The van der Waals surface area contributed by atoms with Gasteiger partial charge in [0, 0.05) is 4.43 Å². The molecule has 0 spiro atoms. The first-order chi connectivity index (χ1) is 5.23. The highest BCUT2D eigenvalue weighted by Gasteiger charge is 2.43. The third-order valence-electron chi connectivity index (χ3n) is 3.25. The smallest absolute Gasteiger partial charge is 0.0658 e. The lowest BCUT2D eigenvalue weighted by Crippen LogP contribution is -2.30. The minimum absolute atomic E-state index is 0.271. The third-order valence-corrected chi connectivity index (χ3v) is 4.38. The van der Waals surface area contributed by atoms with Crippen molar-refractivity contribution in [3.05, 3.63) is 0 Å². The van der Waals surface area contributed by atoms with Crippen molar-refractivity contribution in [2.24, 2.45) is 11.8 Å². The van der Waals surface area contributed by atoms with Gasteiger partial charge in [0.2, 0.25) is 0 Å². The van der Waals surface area contributed by atoms with Gasteiger partial charge < -0.3 is 4.74 Å². The fourth-order valence-corrected chi connectivity index (χ4v) is 3.55. The van der Waals surface area contributed by atoms with E-state index in [0.717, 1.165) is 18.4 Å². The number of hydrogen-bond acceptors (Lipinski definition) is 1. The summed E-state index contributed by atoms with van der Waals surface area (Å²) in [4.78, 5) is 0. The molecule has 0 radical (unpaired) electrons. The lowest BCUT2D eigenvalue weighted by atomic mass is 9.76. The van der Waals surface area contributed by atoms with Crippen molar-refractivity contribution >= 4 is 22.6 Å². The molecule has 0 aromatic heterocycles. The second kappa shape index (κ2) is 2.87. The molecule has 1 aliphatic carbocycles. The highest BCUT2D eigenvalue weighted by Crippen LogP contribution is 2.44. The average Bonchev–Trinajstić information content (AvgIpc) is 2.29. The van der Waals surface area contributed by atoms with E-state index in [9.17, 15) is 0 Å². The van der Waals surface area contributed by atoms with E-state index in [1.165, 1.54) is 23.7 Å². The molecule has 11 heavy (non-hydrogen) atoms. The van der Waals surface area contributed by atoms with Crippen LogP contribution in [0.15, 0.2) is 0 Å². The molecule has 1 heterocycles. The molecule has 1 aliphatic heterocycles. The zero-order valence-electron chi connectivity index (χ0n) is 6.98. The van der Waals surface area contributed by atoms with Gasteiger partial charge >= 0.3 is 0 Å². The molecule has 0 amide bonds. The van der Waals surface area contributed by atoms with Crippen LogP contribution in [-0.4, -0.2) is 16.6 Å². The first-order valence-electron chi connectivity index (χ1n) is 4.43. The lowest BCUT2D eigenvalue weighted by molar-refractivity contribution is 0.0136. The number of ether oxygens (including phenoxy) is 1. The van der Waals surface area contributed by atoms with Crippen molar-refractivity contribution in [1.82, 2.24) is 0 Å². The molecular weight excluding hydrogens is 251 g/mol. The molecule has 2 aliphatic rings. The third kappa shape index (κ3) is 1.44. The van der Waals surface area contributed by atoms with Gasteiger partial charge in [-0.2, -0.15) is 0 Å². The highest BCUT2D eigenvalue weighted by molar-refractivity contribution is 14.1. The van der Waals surface area contributed by atoms with E-state index in [2.05, 4.69) is 29.5 Å². The topological polar surface area (TPSA) is 9.23 Å². The Balaban J connectivity index is 2.06. The second-order valence-corrected chi connectivity index (χ2v) is 5.06. The van der Waals surface area contributed by atoms with E-state index < -0.39 is 0 Å². The fraction of sp³-hybridized carbons (Fsp3) is 1.00. The molecule has 1 nitrogen and oxygen atoms in total. The first-order valence-corrected chi connectivity index (χ1v) is 5.96. The minimum atomic E-state index is 0.271. The SMILES string of the molecule is CC12CCC(CI)C(CO1)C2. The van der Waals surface area contributed by atoms with Crippen LogP contribution in [0.25, 0.3) is 0 Å². The quantitative estimate of drug-likeness (QED) is 0.523. The Kier molecular flexibility index (Phi) is 2.17. The summed E-state index contributed by atoms with van der Waals surface area (Å²) in [5.74, 6) is 1.83. The summed E-state index contributed by atoms with van der Waals surface area (Å²) in [6.45, 7) is 3.31. The number of fused-ring (bicyclic) bond motifs is 2. The van der Waals surface area contributed by atoms with Gasteiger partial charge in [0.15, 0.2) is 0 Å². The van der Waals surface area contributed by atoms with Gasteiger partial charge in [0.05, 0.1) is 12.2 Å². The first kappa shape index (κ1) is 8.30. The van der Waals surface area contributed by atoms with Crippen LogP contribution in [0.4, 0.5) is 0 Å². The Morgan fingerprint density at radius 3 is 3.18 bits per heavy atom. The summed E-state index contributed by atoms with van der Waals surface area (Å²) >= 11 is 2.51. The molecule has 3 atom stereocenters. The molecule has 0 aromatic rings. The van der Waals surface area contributed by atoms with Crippen molar-refractivity contribution < 1.29 is 4.74 Å². The van der Waals surface area contributed by atoms with Gasteiger partial charge in [0.1, 0.15) is 0 Å². The van der Waals surface area contributed by atoms with E-state index in [1.54, 1.807) is 0 Å². The predicted molar refractivity (Wildman–Crippen MR) is 54.1 cm³/mol. The Morgan fingerprint density at radius 1 is 1.64 bits per heavy atom. The lowest BCUT2D eigenvalue weighted by Gasteiger charge is -2.31. The van der Waals surface area contributed by atoms with Crippen molar-refractivity contribution in [2.45, 2.75) is 31.8 Å². The summed E-state index contributed by atoms with van der Waals surface area (Å²) in [5.41, 5.74) is 0.271. The normalized spacial score (nSPS) is 49.6. The van der Waals surface area contributed by atoms with Crippen LogP contribution in [0, 0.1) is 11.8 Å². The van der Waals surface area contributed by atoms with Gasteiger partial charge in [-0.1, -0.05) is 22.6 Å². The van der Waals surface area contributed by atoms with Gasteiger partial charge in [-0.25, -0.2) is 0 Å². The van der Waals surface area contributed by atoms with Crippen molar-refractivity contribution in [3.8, 4) is 0 Å².